The summed E-state index contributed by atoms with van der Waals surface area (Å²) in [6.07, 6.45) is -0.239. The lowest BCUT2D eigenvalue weighted by Crippen LogP contribution is -2.48. The van der Waals surface area contributed by atoms with Crippen molar-refractivity contribution in [2.75, 3.05) is 43.7 Å². The standard InChI is InChI=1S/C20H24FN5O3/c1-14-6-7-16(12-22-14)23-19(27)24-17-5-3-4-15(18(17)21)13-25-8-10-26(11-9-25)20(28)29-2/h3-7,12H,8-11,13H2,1-2H3,(H2,23,24,27)/i8D2,9D2,10D2,11D2. The third kappa shape index (κ3) is 5.41. The van der Waals surface area contributed by atoms with Gasteiger partial charge in [-0.3, -0.25) is 9.88 Å². The number of hydrogen-bond donors (Lipinski definition) is 2. The zero-order valence-electron chi connectivity index (χ0n) is 23.6. The molecule has 29 heavy (non-hydrogen) atoms. The zero-order valence-corrected chi connectivity index (χ0v) is 15.6. The van der Waals surface area contributed by atoms with Gasteiger partial charge in [0.05, 0.1) is 30.2 Å². The number of ether oxygens (including phenoxy) is 1. The first-order chi connectivity index (χ1) is 17.0. The number of halogens is 1. The lowest BCUT2D eigenvalue weighted by Gasteiger charge is -2.33. The topological polar surface area (TPSA) is 86.8 Å². The SMILES string of the molecule is [2H]C1([2H])N(Cc2cccc(NC(=O)Nc3ccc(C)nc3)c2F)C([2H])([2H])C([2H])([2H])N(C(=O)OC)C1([2H])[2H]. The molecule has 0 radical (unpaired) electrons. The second-order valence-electron chi connectivity index (χ2n) is 5.88. The number of pyridine rings is 1. The van der Waals surface area contributed by atoms with Crippen LogP contribution in [0.2, 0.25) is 0 Å². The van der Waals surface area contributed by atoms with Crippen molar-refractivity contribution in [3.63, 3.8) is 0 Å². The van der Waals surface area contributed by atoms with Crippen LogP contribution in [-0.4, -0.2) is 60.0 Å². The van der Waals surface area contributed by atoms with Gasteiger partial charge in [-0.05, 0) is 25.1 Å². The fraction of sp³-hybridized carbons (Fsp3) is 0.350. The minimum atomic E-state index is -3.44. The third-order valence-corrected chi connectivity index (χ3v) is 3.78. The van der Waals surface area contributed by atoms with Crippen LogP contribution in [0.3, 0.4) is 0 Å². The Hall–Kier alpha value is -3.20. The molecule has 0 spiro atoms. The smallest absolute Gasteiger partial charge is 0.409 e. The number of amides is 3. The highest BCUT2D eigenvalue weighted by Crippen LogP contribution is 2.20. The van der Waals surface area contributed by atoms with Gasteiger partial charge >= 0.3 is 12.1 Å². The largest absolute Gasteiger partial charge is 0.453 e. The first kappa shape index (κ1) is 12.4. The van der Waals surface area contributed by atoms with Gasteiger partial charge in [-0.25, -0.2) is 14.0 Å². The van der Waals surface area contributed by atoms with Gasteiger partial charge in [0.1, 0.15) is 0 Å². The maximum atomic E-state index is 15.3. The van der Waals surface area contributed by atoms with Crippen LogP contribution in [0.4, 0.5) is 25.4 Å². The maximum Gasteiger partial charge on any atom is 0.409 e. The van der Waals surface area contributed by atoms with E-state index in [9.17, 15) is 9.59 Å². The molecule has 3 rings (SSSR count). The number of carbonyl (C=O) groups is 2. The molecule has 0 atom stereocenters. The molecule has 1 aromatic heterocycles. The molecular weight excluding hydrogens is 377 g/mol. The van der Waals surface area contributed by atoms with Crippen molar-refractivity contribution in [2.45, 2.75) is 13.5 Å². The van der Waals surface area contributed by atoms with E-state index in [0.717, 1.165) is 13.2 Å². The summed E-state index contributed by atoms with van der Waals surface area (Å²) in [7, 11) is 0.811. The number of piperazine rings is 1. The predicted octanol–water partition coefficient (Wildman–Crippen LogP) is 3.06. The number of aromatic nitrogens is 1. The first-order valence-electron chi connectivity index (χ1n) is 12.4. The molecule has 0 saturated carbocycles. The van der Waals surface area contributed by atoms with Gasteiger partial charge in [-0.2, -0.15) is 0 Å². The van der Waals surface area contributed by atoms with Crippen LogP contribution in [0.1, 0.15) is 22.2 Å². The molecular formula is C20H24FN5O3. The molecule has 1 saturated heterocycles. The van der Waals surface area contributed by atoms with Crippen LogP contribution in [0.15, 0.2) is 36.5 Å². The zero-order chi connectivity index (χ0) is 28.0. The van der Waals surface area contributed by atoms with Gasteiger partial charge < -0.3 is 20.3 Å². The van der Waals surface area contributed by atoms with Crippen LogP contribution in [0.5, 0.6) is 0 Å². The Bertz CT molecular complexity index is 1170. The average molecular weight is 409 g/mol. The average Bonchev–Trinajstić information content (AvgIpc) is 2.79. The molecule has 2 heterocycles. The monoisotopic (exact) mass is 409 g/mol. The Balaban J connectivity index is 1.93. The second-order valence-corrected chi connectivity index (χ2v) is 5.88. The summed E-state index contributed by atoms with van der Waals surface area (Å²) in [5.41, 5.74) is 0.315. The highest BCUT2D eigenvalue weighted by atomic mass is 19.1. The van der Waals surface area contributed by atoms with Gasteiger partial charge in [0.15, 0.2) is 5.82 Å². The van der Waals surface area contributed by atoms with Gasteiger partial charge in [-0.1, -0.05) is 12.1 Å². The molecule has 154 valence electrons. The van der Waals surface area contributed by atoms with Crippen molar-refractivity contribution >= 4 is 23.5 Å². The molecule has 2 aromatic rings. The lowest BCUT2D eigenvalue weighted by atomic mass is 10.1. The molecule has 3 amide bonds. The van der Waals surface area contributed by atoms with Crippen LogP contribution < -0.4 is 10.6 Å². The number of aryl methyl sites for hydroxylation is 1. The van der Waals surface area contributed by atoms with Gasteiger partial charge in [0.2, 0.25) is 0 Å². The van der Waals surface area contributed by atoms with Gasteiger partial charge in [0, 0.05) is 49.3 Å². The van der Waals surface area contributed by atoms with E-state index >= 15 is 4.39 Å². The second kappa shape index (κ2) is 9.33. The summed E-state index contributed by atoms with van der Waals surface area (Å²) >= 11 is 0. The quantitative estimate of drug-likeness (QED) is 0.811. The normalized spacial score (nSPS) is 25.4. The minimum absolute atomic E-state index is 0.152. The number of urea groups is 1. The number of carbonyl (C=O) groups excluding carboxylic acids is 2. The number of benzene rings is 1. The molecule has 8 nitrogen and oxygen atoms in total. The van der Waals surface area contributed by atoms with Crippen LogP contribution in [0, 0.1) is 12.7 Å². The van der Waals surface area contributed by atoms with E-state index in [1.165, 1.54) is 18.3 Å². The van der Waals surface area contributed by atoms with E-state index < -0.39 is 50.5 Å². The summed E-state index contributed by atoms with van der Waals surface area (Å²) in [5, 5.41) is 4.73. The van der Waals surface area contributed by atoms with E-state index in [0.29, 0.717) is 11.4 Å². The molecule has 9 heteroatoms. The third-order valence-electron chi connectivity index (χ3n) is 3.78. The molecule has 0 unspecified atom stereocenters. The van der Waals surface area contributed by atoms with E-state index in [1.54, 1.807) is 19.1 Å². The molecule has 0 aliphatic carbocycles. The number of rotatable bonds is 4. The van der Waals surface area contributed by atoms with Crippen molar-refractivity contribution in [3.05, 3.63) is 53.6 Å². The number of anilines is 2. The van der Waals surface area contributed by atoms with Gasteiger partial charge in [-0.15, -0.1) is 0 Å². The van der Waals surface area contributed by atoms with E-state index in [-0.39, 0.29) is 21.1 Å². The molecule has 0 bridgehead atoms. The summed E-state index contributed by atoms with van der Waals surface area (Å²) < 4.78 is 85.5. The minimum Gasteiger partial charge on any atom is -0.453 e. The summed E-state index contributed by atoms with van der Waals surface area (Å²) in [5.74, 6) is -1.08. The van der Waals surface area contributed by atoms with E-state index in [2.05, 4.69) is 20.4 Å². The van der Waals surface area contributed by atoms with E-state index in [4.69, 9.17) is 11.0 Å². The van der Waals surface area contributed by atoms with Crippen LogP contribution in [0.25, 0.3) is 0 Å². The van der Waals surface area contributed by atoms with Gasteiger partial charge in [0.25, 0.3) is 0 Å². The highest BCUT2D eigenvalue weighted by molar-refractivity contribution is 5.99. The number of hydrogen-bond acceptors (Lipinski definition) is 5. The van der Waals surface area contributed by atoms with Crippen molar-refractivity contribution in [2.24, 2.45) is 0 Å². The molecule has 1 aromatic carbocycles. The highest BCUT2D eigenvalue weighted by Gasteiger charge is 2.22. The Kier molecular flexibility index (Phi) is 3.98. The number of methoxy groups -OCH3 is 1. The fourth-order valence-corrected chi connectivity index (χ4v) is 2.33. The Labute approximate surface area is 179 Å². The van der Waals surface area contributed by atoms with Crippen LogP contribution >= 0.6 is 0 Å². The lowest BCUT2D eigenvalue weighted by molar-refractivity contribution is 0.0885. The number of nitrogens with one attached hydrogen (secondary N) is 2. The van der Waals surface area contributed by atoms with Crippen molar-refractivity contribution < 1.29 is 29.7 Å². The number of nitrogens with zero attached hydrogens (tertiary/aromatic N) is 3. The molecule has 1 fully saturated rings. The fourth-order valence-electron chi connectivity index (χ4n) is 2.33. The first-order valence-corrected chi connectivity index (χ1v) is 8.42. The van der Waals surface area contributed by atoms with Crippen molar-refractivity contribution in [3.8, 4) is 0 Å². The van der Waals surface area contributed by atoms with Crippen molar-refractivity contribution in [1.29, 1.82) is 0 Å². The van der Waals surface area contributed by atoms with E-state index in [1.807, 2.05) is 0 Å². The Morgan fingerprint density at radius 2 is 1.97 bits per heavy atom. The van der Waals surface area contributed by atoms with Crippen molar-refractivity contribution in [1.82, 2.24) is 14.8 Å². The molecule has 2 N–H and O–H groups in total. The molecule has 1 aliphatic rings. The predicted molar refractivity (Wildman–Crippen MR) is 107 cm³/mol. The Morgan fingerprint density at radius 1 is 1.21 bits per heavy atom. The Morgan fingerprint density at radius 3 is 2.62 bits per heavy atom. The maximum absolute atomic E-state index is 15.3. The summed E-state index contributed by atoms with van der Waals surface area (Å²) in [6, 6.07) is 6.03. The summed E-state index contributed by atoms with van der Waals surface area (Å²) in [6.45, 7) is -12.8. The summed E-state index contributed by atoms with van der Waals surface area (Å²) in [4.78, 5) is 28.4. The molecule has 1 aliphatic heterocycles. The van der Waals surface area contributed by atoms with Crippen LogP contribution in [-0.2, 0) is 11.3 Å².